The summed E-state index contributed by atoms with van der Waals surface area (Å²) in [5.41, 5.74) is 1.27. The molecule has 1 aromatic rings. The van der Waals surface area contributed by atoms with E-state index < -0.39 is 0 Å². The maximum absolute atomic E-state index is 10.3. The van der Waals surface area contributed by atoms with Crippen molar-refractivity contribution in [1.29, 1.82) is 0 Å². The van der Waals surface area contributed by atoms with Crippen LogP contribution in [0.2, 0.25) is 0 Å². The van der Waals surface area contributed by atoms with Gasteiger partial charge in [-0.05, 0) is 33.2 Å². The maximum Gasteiger partial charge on any atom is 0.494 e. The van der Waals surface area contributed by atoms with Crippen LogP contribution in [-0.4, -0.2) is 24.6 Å². The van der Waals surface area contributed by atoms with E-state index in [1.54, 1.807) is 0 Å². The van der Waals surface area contributed by atoms with E-state index in [9.17, 15) is 4.79 Å². The summed E-state index contributed by atoms with van der Waals surface area (Å²) >= 11 is 0. The average molecular weight is 245 g/mol. The van der Waals surface area contributed by atoms with Crippen molar-refractivity contribution in [3.05, 3.63) is 29.8 Å². The zero-order valence-electron chi connectivity index (χ0n) is 11.3. The van der Waals surface area contributed by atoms with E-state index in [1.807, 2.05) is 58.2 Å². The second-order valence-electron chi connectivity index (χ2n) is 5.65. The minimum absolute atomic E-state index is 0.323. The molecule has 1 aliphatic heterocycles. The van der Waals surface area contributed by atoms with Gasteiger partial charge in [-0.3, -0.25) is 6.29 Å². The molecule has 96 valence electrons. The second kappa shape index (κ2) is 4.52. The van der Waals surface area contributed by atoms with Crippen LogP contribution in [0.5, 0.6) is 0 Å². The molecule has 0 radical (unpaired) electrons. The van der Waals surface area contributed by atoms with E-state index in [0.717, 1.165) is 11.0 Å². The van der Waals surface area contributed by atoms with Crippen LogP contribution in [0, 0.1) is 0 Å². The molecule has 2 rings (SSSR count). The van der Waals surface area contributed by atoms with Gasteiger partial charge in [-0.2, -0.15) is 0 Å². The zero-order chi connectivity index (χ0) is 13.4. The van der Waals surface area contributed by atoms with Gasteiger partial charge in [-0.1, -0.05) is 29.8 Å². The molecule has 4 heteroatoms. The topological polar surface area (TPSA) is 35.5 Å². The predicted octanol–water partition coefficient (Wildman–Crippen LogP) is 1.64. The Bertz CT molecular complexity index is 421. The molecule has 18 heavy (non-hydrogen) atoms. The molecule has 0 spiro atoms. The average Bonchev–Trinajstić information content (AvgIpc) is 2.50. The largest absolute Gasteiger partial charge is 0.541 e. The molecule has 0 unspecified atom stereocenters. The van der Waals surface area contributed by atoms with Crippen LogP contribution in [0.1, 0.15) is 33.3 Å². The first kappa shape index (κ1) is 13.3. The van der Waals surface area contributed by atoms with Crippen LogP contribution >= 0.6 is 0 Å². The minimum atomic E-state index is -0.343. The number of hydrogen-bond acceptors (Lipinski definition) is 3. The Morgan fingerprint density at radius 2 is 1.56 bits per heavy atom. The van der Waals surface area contributed by atoms with Crippen LogP contribution in [0.4, 0.5) is 0 Å². The highest BCUT2D eigenvalue weighted by atomic mass is 16.7. The standard InChI is InChI=1S/C14H18BO3/c1-13(2)14(3,4)18-15(17-13)12-7-5-11(6-8-12)9-10-16/h5-8H,9H2,1-4H3/q-1. The van der Waals surface area contributed by atoms with Crippen LogP contribution < -0.4 is 5.46 Å². The summed E-state index contributed by atoms with van der Waals surface area (Å²) in [7, 11) is -0.343. The third kappa shape index (κ3) is 2.35. The number of benzene rings is 1. The van der Waals surface area contributed by atoms with E-state index in [4.69, 9.17) is 9.31 Å². The van der Waals surface area contributed by atoms with Crippen LogP contribution in [0.3, 0.4) is 0 Å². The fourth-order valence-corrected chi connectivity index (χ4v) is 1.86. The second-order valence-corrected chi connectivity index (χ2v) is 5.65. The lowest BCUT2D eigenvalue weighted by molar-refractivity contribution is 0.00578. The highest BCUT2D eigenvalue weighted by Gasteiger charge is 2.51. The monoisotopic (exact) mass is 245 g/mol. The molecule has 3 nitrogen and oxygen atoms in total. The Hall–Kier alpha value is -1.13. The first-order valence-electron chi connectivity index (χ1n) is 6.15. The molecule has 1 saturated heterocycles. The van der Waals surface area contributed by atoms with Crippen molar-refractivity contribution in [1.82, 2.24) is 0 Å². The summed E-state index contributed by atoms with van der Waals surface area (Å²) in [6.07, 6.45) is 2.21. The molecular weight excluding hydrogens is 227 g/mol. The molecule has 1 heterocycles. The van der Waals surface area contributed by atoms with Crippen molar-refractivity contribution in [2.75, 3.05) is 0 Å². The quantitative estimate of drug-likeness (QED) is 0.599. The Labute approximate surface area is 109 Å². The molecular formula is C14H18BO3-. The van der Waals surface area contributed by atoms with Crippen molar-refractivity contribution in [3.63, 3.8) is 0 Å². The van der Waals surface area contributed by atoms with Gasteiger partial charge in [0, 0.05) is 0 Å². The van der Waals surface area contributed by atoms with E-state index in [2.05, 4.69) is 0 Å². The van der Waals surface area contributed by atoms with E-state index in [0.29, 0.717) is 6.42 Å². The molecule has 1 aliphatic rings. The van der Waals surface area contributed by atoms with E-state index >= 15 is 0 Å². The molecule has 0 bridgehead atoms. The predicted molar refractivity (Wildman–Crippen MR) is 71.6 cm³/mol. The first-order chi connectivity index (χ1) is 8.36. The highest BCUT2D eigenvalue weighted by Crippen LogP contribution is 2.36. The number of carbonyl (C=O) groups excluding carboxylic acids is 1. The third-order valence-corrected chi connectivity index (χ3v) is 3.78. The fourth-order valence-electron chi connectivity index (χ4n) is 1.86. The maximum atomic E-state index is 10.3. The third-order valence-electron chi connectivity index (χ3n) is 3.78. The van der Waals surface area contributed by atoms with Gasteiger partial charge in [-0.15, -0.1) is 6.42 Å². The number of hydrogen-bond donors (Lipinski definition) is 0. The van der Waals surface area contributed by atoms with Crippen LogP contribution in [-0.2, 0) is 20.5 Å². The van der Waals surface area contributed by atoms with Gasteiger partial charge in [0.25, 0.3) is 0 Å². The summed E-state index contributed by atoms with van der Waals surface area (Å²) in [5.74, 6) is 0. The summed E-state index contributed by atoms with van der Waals surface area (Å²) in [6, 6.07) is 7.69. The van der Waals surface area contributed by atoms with Gasteiger partial charge in [-0.25, -0.2) is 0 Å². The molecule has 0 N–H and O–H groups in total. The van der Waals surface area contributed by atoms with E-state index in [-0.39, 0.29) is 18.3 Å². The molecule has 0 aromatic heterocycles. The lowest BCUT2D eigenvalue weighted by Crippen LogP contribution is -2.41. The van der Waals surface area contributed by atoms with E-state index in [1.165, 1.54) is 0 Å². The van der Waals surface area contributed by atoms with Gasteiger partial charge in [0.05, 0.1) is 11.2 Å². The summed E-state index contributed by atoms with van der Waals surface area (Å²) in [4.78, 5) is 10.3. The molecule has 0 aliphatic carbocycles. The van der Waals surface area contributed by atoms with Crippen LogP contribution in [0.15, 0.2) is 24.3 Å². The molecule has 1 fully saturated rings. The van der Waals surface area contributed by atoms with Crippen molar-refractivity contribution in [3.8, 4) is 0 Å². The van der Waals surface area contributed by atoms with Crippen LogP contribution in [0.25, 0.3) is 0 Å². The Morgan fingerprint density at radius 3 is 2.00 bits per heavy atom. The smallest absolute Gasteiger partial charge is 0.494 e. The van der Waals surface area contributed by atoms with Crippen molar-refractivity contribution >= 4 is 18.9 Å². The molecule has 0 atom stereocenters. The minimum Gasteiger partial charge on any atom is -0.541 e. The van der Waals surface area contributed by atoms with Gasteiger partial charge in [0.15, 0.2) is 0 Å². The van der Waals surface area contributed by atoms with Crippen molar-refractivity contribution in [2.24, 2.45) is 0 Å². The summed E-state index contributed by atoms with van der Waals surface area (Å²) in [6.45, 7) is 8.12. The first-order valence-corrected chi connectivity index (χ1v) is 6.15. The normalized spacial score (nSPS) is 21.0. The van der Waals surface area contributed by atoms with Crippen molar-refractivity contribution in [2.45, 2.75) is 45.3 Å². The molecule has 0 amide bonds. The molecule has 0 saturated carbocycles. The number of rotatable bonds is 3. The lowest BCUT2D eigenvalue weighted by Gasteiger charge is -2.32. The fraction of sp³-hybridized carbons (Fsp3) is 0.500. The Kier molecular flexibility index (Phi) is 3.34. The van der Waals surface area contributed by atoms with Gasteiger partial charge in [0.2, 0.25) is 0 Å². The van der Waals surface area contributed by atoms with Gasteiger partial charge >= 0.3 is 7.12 Å². The Balaban J connectivity index is 2.17. The summed E-state index contributed by atoms with van der Waals surface area (Å²) in [5, 5.41) is 0. The van der Waals surface area contributed by atoms with Gasteiger partial charge < -0.3 is 14.1 Å². The highest BCUT2D eigenvalue weighted by molar-refractivity contribution is 6.62. The van der Waals surface area contributed by atoms with Gasteiger partial charge in [0.1, 0.15) is 0 Å². The lowest BCUT2D eigenvalue weighted by atomic mass is 9.79. The zero-order valence-corrected chi connectivity index (χ0v) is 11.3. The SMILES string of the molecule is CC1(C)OB(c2ccc(C[C-]=O)cc2)OC1(C)C. The van der Waals surface area contributed by atoms with Crippen molar-refractivity contribution < 1.29 is 14.1 Å². The summed E-state index contributed by atoms with van der Waals surface area (Å²) < 4.78 is 11.9. The molecule has 1 aromatic carbocycles. The Morgan fingerprint density at radius 1 is 1.06 bits per heavy atom.